The third kappa shape index (κ3) is 1.10. The molecule has 56 valence electrons. The lowest BCUT2D eigenvalue weighted by Crippen LogP contribution is -2.23. The molecule has 1 unspecified atom stereocenters. The molecular weight excluding hydrogens is 158 g/mol. The van der Waals surface area contributed by atoms with Crippen molar-refractivity contribution < 1.29 is 0 Å². The minimum absolute atomic E-state index is 0.0163. The number of hydrogen-bond acceptors (Lipinski definition) is 2. The van der Waals surface area contributed by atoms with E-state index in [0.29, 0.717) is 5.11 Å². The summed E-state index contributed by atoms with van der Waals surface area (Å²) in [5.41, 5.74) is 7.46. The third-order valence-corrected chi connectivity index (χ3v) is 1.77. The van der Waals surface area contributed by atoms with Crippen molar-refractivity contribution in [3.8, 4) is 0 Å². The van der Waals surface area contributed by atoms with Crippen molar-refractivity contribution in [2.75, 3.05) is 0 Å². The van der Waals surface area contributed by atoms with E-state index in [4.69, 9.17) is 18.0 Å². The molecule has 3 N–H and O–H groups in total. The summed E-state index contributed by atoms with van der Waals surface area (Å²) in [6, 6.07) is -0.0163. The Morgan fingerprint density at radius 1 is 1.64 bits per heavy atom. The number of aliphatic imine (C=N–C) groups is 1. The van der Waals surface area contributed by atoms with Gasteiger partial charge in [-0.2, -0.15) is 0 Å². The fourth-order valence-electron chi connectivity index (χ4n) is 1.08. The summed E-state index contributed by atoms with van der Waals surface area (Å²) in [5.74, 6) is 0. The largest absolute Gasteiger partial charge is 0.329 e. The molecule has 3 nitrogen and oxygen atoms in total. The van der Waals surface area contributed by atoms with Gasteiger partial charge >= 0.3 is 0 Å². The van der Waals surface area contributed by atoms with E-state index in [1.54, 1.807) is 0 Å². The van der Waals surface area contributed by atoms with Crippen molar-refractivity contribution in [2.24, 2.45) is 10.7 Å². The van der Waals surface area contributed by atoms with Gasteiger partial charge in [0.15, 0.2) is 5.11 Å². The molecule has 11 heavy (non-hydrogen) atoms. The monoisotopic (exact) mass is 165 g/mol. The molecule has 1 heterocycles. The van der Waals surface area contributed by atoms with Crippen LogP contribution in [0.2, 0.25) is 0 Å². The van der Waals surface area contributed by atoms with Crippen molar-refractivity contribution in [3.63, 3.8) is 0 Å². The van der Waals surface area contributed by atoms with E-state index < -0.39 is 0 Å². The molecule has 2 aliphatic rings. The van der Waals surface area contributed by atoms with Gasteiger partial charge in [0.2, 0.25) is 0 Å². The van der Waals surface area contributed by atoms with Crippen molar-refractivity contribution in [2.45, 2.75) is 6.04 Å². The van der Waals surface area contributed by atoms with E-state index >= 15 is 0 Å². The highest BCUT2D eigenvalue weighted by atomic mass is 32.1. The number of fused-ring (bicyclic) bond motifs is 1. The van der Waals surface area contributed by atoms with Gasteiger partial charge in [-0.25, -0.2) is 4.99 Å². The molecule has 1 aliphatic carbocycles. The summed E-state index contributed by atoms with van der Waals surface area (Å²) in [7, 11) is 0. The first-order chi connectivity index (χ1) is 5.25. The number of allylic oxidation sites excluding steroid dienone is 1. The molecule has 0 aromatic carbocycles. The van der Waals surface area contributed by atoms with Gasteiger partial charge in [0.25, 0.3) is 0 Å². The van der Waals surface area contributed by atoms with Crippen LogP contribution in [-0.4, -0.2) is 16.9 Å². The smallest absolute Gasteiger partial charge is 0.197 e. The fourth-order valence-corrected chi connectivity index (χ4v) is 1.29. The zero-order chi connectivity index (χ0) is 7.84. The Morgan fingerprint density at radius 3 is 3.27 bits per heavy atom. The van der Waals surface area contributed by atoms with Crippen LogP contribution in [0.15, 0.2) is 28.9 Å². The average molecular weight is 165 g/mol. The Labute approximate surface area is 69.7 Å². The van der Waals surface area contributed by atoms with Crippen LogP contribution in [0.5, 0.6) is 0 Å². The van der Waals surface area contributed by atoms with Gasteiger partial charge in [0, 0.05) is 6.04 Å². The number of nitrogens with one attached hydrogen (secondary N) is 1. The predicted molar refractivity (Wildman–Crippen MR) is 48.4 cm³/mol. The van der Waals surface area contributed by atoms with Crippen LogP contribution >= 0.6 is 12.2 Å². The zero-order valence-corrected chi connectivity index (χ0v) is 6.56. The average Bonchev–Trinajstić information content (AvgIpc) is 2.27. The number of nitrogens with two attached hydrogens (primary N) is 1. The number of rotatable bonds is 0. The first-order valence-electron chi connectivity index (χ1n) is 3.31. The molecule has 0 fully saturated rings. The van der Waals surface area contributed by atoms with E-state index in [1.165, 1.54) is 0 Å². The maximum atomic E-state index is 5.63. The fraction of sp³-hybridized carbons (Fsp3) is 0.143. The second kappa shape index (κ2) is 2.25. The normalized spacial score (nSPS) is 27.4. The van der Waals surface area contributed by atoms with Gasteiger partial charge in [0.1, 0.15) is 0 Å². The number of thiocarbonyl (C=S) groups is 1. The Hall–Kier alpha value is -1.00. The molecule has 0 radical (unpaired) electrons. The quantitative estimate of drug-likeness (QED) is 0.500. The minimum Gasteiger partial charge on any atom is -0.329 e. The minimum atomic E-state index is -0.0163. The zero-order valence-electron chi connectivity index (χ0n) is 5.74. The van der Waals surface area contributed by atoms with Crippen LogP contribution in [0.3, 0.4) is 0 Å². The van der Waals surface area contributed by atoms with Gasteiger partial charge in [0.05, 0.1) is 11.4 Å². The molecule has 0 aromatic rings. The predicted octanol–water partition coefficient (Wildman–Crippen LogP) is 0.0965. The van der Waals surface area contributed by atoms with Crippen molar-refractivity contribution in [3.05, 3.63) is 23.9 Å². The van der Waals surface area contributed by atoms with Crippen LogP contribution in [0.1, 0.15) is 0 Å². The molecule has 2 rings (SSSR count). The summed E-state index contributed by atoms with van der Waals surface area (Å²) < 4.78 is 0. The maximum absolute atomic E-state index is 5.63. The lowest BCUT2D eigenvalue weighted by Gasteiger charge is -2.08. The molecule has 0 aromatic heterocycles. The van der Waals surface area contributed by atoms with Crippen molar-refractivity contribution >= 4 is 23.0 Å². The lowest BCUT2D eigenvalue weighted by atomic mass is 10.1. The first-order valence-corrected chi connectivity index (χ1v) is 3.72. The second-order valence-corrected chi connectivity index (χ2v) is 2.83. The van der Waals surface area contributed by atoms with E-state index in [1.807, 2.05) is 18.2 Å². The van der Waals surface area contributed by atoms with E-state index in [9.17, 15) is 0 Å². The molecule has 0 saturated carbocycles. The van der Waals surface area contributed by atoms with E-state index in [-0.39, 0.29) is 6.04 Å². The van der Waals surface area contributed by atoms with Crippen LogP contribution < -0.4 is 11.1 Å². The van der Waals surface area contributed by atoms with Gasteiger partial charge < -0.3 is 11.1 Å². The second-order valence-electron chi connectivity index (χ2n) is 2.44. The van der Waals surface area contributed by atoms with Crippen LogP contribution in [-0.2, 0) is 0 Å². The highest BCUT2D eigenvalue weighted by Gasteiger charge is 2.17. The molecule has 0 amide bonds. The maximum Gasteiger partial charge on any atom is 0.197 e. The molecule has 0 spiro atoms. The SMILES string of the molecule is NC1C=CC2=NC(=S)NC2=C1. The first kappa shape index (κ1) is 6.69. The summed E-state index contributed by atoms with van der Waals surface area (Å²) in [5, 5.41) is 3.46. The Balaban J connectivity index is 2.39. The van der Waals surface area contributed by atoms with Gasteiger partial charge in [-0.15, -0.1) is 0 Å². The molecule has 4 heteroatoms. The Kier molecular flexibility index (Phi) is 1.37. The highest BCUT2D eigenvalue weighted by Crippen LogP contribution is 2.11. The highest BCUT2D eigenvalue weighted by molar-refractivity contribution is 7.80. The Bertz CT molecular complexity index is 301. The van der Waals surface area contributed by atoms with Crippen LogP contribution in [0, 0.1) is 0 Å². The van der Waals surface area contributed by atoms with Crippen LogP contribution in [0.4, 0.5) is 0 Å². The van der Waals surface area contributed by atoms with Crippen molar-refractivity contribution in [1.29, 1.82) is 0 Å². The standard InChI is InChI=1S/C7H7N3S/c8-4-1-2-5-6(3-4)10-7(11)9-5/h1-4H,8H2,(H,10,11). The summed E-state index contributed by atoms with van der Waals surface area (Å²) in [6.45, 7) is 0. The lowest BCUT2D eigenvalue weighted by molar-refractivity contribution is 1.00. The molecule has 1 aliphatic heterocycles. The number of hydrogen-bond donors (Lipinski definition) is 2. The molecule has 0 bridgehead atoms. The third-order valence-electron chi connectivity index (χ3n) is 1.57. The Morgan fingerprint density at radius 2 is 2.45 bits per heavy atom. The summed E-state index contributed by atoms with van der Waals surface area (Å²) >= 11 is 4.86. The van der Waals surface area contributed by atoms with E-state index in [2.05, 4.69) is 10.3 Å². The molecule has 0 saturated heterocycles. The van der Waals surface area contributed by atoms with Gasteiger partial charge in [-0.1, -0.05) is 6.08 Å². The van der Waals surface area contributed by atoms with Gasteiger partial charge in [-0.3, -0.25) is 0 Å². The van der Waals surface area contributed by atoms with Crippen molar-refractivity contribution in [1.82, 2.24) is 5.32 Å². The summed E-state index contributed by atoms with van der Waals surface area (Å²) in [6.07, 6.45) is 5.67. The van der Waals surface area contributed by atoms with Crippen LogP contribution in [0.25, 0.3) is 0 Å². The summed E-state index contributed by atoms with van der Waals surface area (Å²) in [4.78, 5) is 4.07. The topological polar surface area (TPSA) is 50.4 Å². The van der Waals surface area contributed by atoms with E-state index in [0.717, 1.165) is 11.4 Å². The molecular formula is C7H7N3S. The van der Waals surface area contributed by atoms with Gasteiger partial charge in [-0.05, 0) is 24.4 Å². The molecule has 1 atom stereocenters. The number of nitrogens with zero attached hydrogens (tertiary/aromatic N) is 1.